The van der Waals surface area contributed by atoms with Crippen molar-refractivity contribution in [3.8, 4) is 0 Å². The van der Waals surface area contributed by atoms with Crippen molar-refractivity contribution in [1.82, 2.24) is 0 Å². The molecule has 4 saturated carbocycles. The van der Waals surface area contributed by atoms with Gasteiger partial charge in [0, 0.05) is 5.92 Å². The van der Waals surface area contributed by atoms with E-state index in [-0.39, 0.29) is 33.5 Å². The molecule has 5 aliphatic rings. The second-order valence-electron chi connectivity index (χ2n) is 14.9. The van der Waals surface area contributed by atoms with Crippen LogP contribution in [0.2, 0.25) is 0 Å². The first-order valence-electron chi connectivity index (χ1n) is 14.0. The number of allylic oxidation sites excluding steroid dienone is 1. The highest BCUT2D eigenvalue weighted by molar-refractivity contribution is 5.77. The Kier molecular flexibility index (Phi) is 5.40. The van der Waals surface area contributed by atoms with E-state index in [4.69, 9.17) is 0 Å². The number of carbonyl (C=O) groups is 1. The molecule has 0 aliphatic heterocycles. The summed E-state index contributed by atoms with van der Waals surface area (Å²) in [4.78, 5) is 12.8. The van der Waals surface area contributed by atoms with E-state index in [1.807, 2.05) is 6.92 Å². The van der Waals surface area contributed by atoms with Crippen LogP contribution in [0, 0.1) is 50.7 Å². The fraction of sp³-hybridized carbons (Fsp3) is 0.900. The topological polar surface area (TPSA) is 98.0 Å². The fourth-order valence-corrected chi connectivity index (χ4v) is 11.0. The van der Waals surface area contributed by atoms with E-state index in [0.717, 1.165) is 32.1 Å². The minimum Gasteiger partial charge on any atom is -0.481 e. The molecule has 2 unspecified atom stereocenters. The molecule has 0 aromatic carbocycles. The predicted molar refractivity (Wildman–Crippen MR) is 135 cm³/mol. The van der Waals surface area contributed by atoms with E-state index in [0.29, 0.717) is 31.1 Å². The van der Waals surface area contributed by atoms with Crippen LogP contribution in [-0.4, -0.2) is 44.2 Å². The Morgan fingerprint density at radius 1 is 0.943 bits per heavy atom. The van der Waals surface area contributed by atoms with E-state index in [2.05, 4.69) is 47.6 Å². The van der Waals surface area contributed by atoms with Gasteiger partial charge in [0.25, 0.3) is 0 Å². The SMILES string of the molecule is C[C@@H]1CC[C@]2(C(=O)O)CC[C@@]3(C)C(=CCC4C3(C)CC[C@H]3C(C)(C)[C@@H](O)[C@H](O)C[C@@]43C)[C@@H]2[C@]1(C)O. The van der Waals surface area contributed by atoms with Crippen LogP contribution >= 0.6 is 0 Å². The molecule has 0 radical (unpaired) electrons. The van der Waals surface area contributed by atoms with Gasteiger partial charge in [-0.15, -0.1) is 0 Å². The van der Waals surface area contributed by atoms with Crippen molar-refractivity contribution < 1.29 is 25.2 Å². The highest BCUT2D eigenvalue weighted by Gasteiger charge is 2.71. The van der Waals surface area contributed by atoms with Gasteiger partial charge in [-0.25, -0.2) is 0 Å². The molecule has 198 valence electrons. The van der Waals surface area contributed by atoms with Crippen LogP contribution in [-0.2, 0) is 4.79 Å². The smallest absolute Gasteiger partial charge is 0.310 e. The third-order valence-corrected chi connectivity index (χ3v) is 13.4. The van der Waals surface area contributed by atoms with Crippen molar-refractivity contribution in [1.29, 1.82) is 0 Å². The average Bonchev–Trinajstić information content (AvgIpc) is 2.75. The lowest BCUT2D eigenvalue weighted by Crippen LogP contribution is -2.68. The molecule has 4 N–H and O–H groups in total. The number of carboxylic acid groups (broad SMARTS) is 1. The molecule has 0 bridgehead atoms. The Hall–Kier alpha value is -0.910. The number of hydrogen-bond donors (Lipinski definition) is 4. The minimum atomic E-state index is -1.05. The van der Waals surface area contributed by atoms with Gasteiger partial charge in [0.1, 0.15) is 0 Å². The van der Waals surface area contributed by atoms with Crippen molar-refractivity contribution in [2.45, 2.75) is 118 Å². The van der Waals surface area contributed by atoms with Gasteiger partial charge in [0.15, 0.2) is 0 Å². The number of rotatable bonds is 1. The molecular weight excluding hydrogens is 440 g/mol. The van der Waals surface area contributed by atoms with Crippen molar-refractivity contribution in [2.75, 3.05) is 0 Å². The third-order valence-electron chi connectivity index (χ3n) is 13.4. The highest BCUT2D eigenvalue weighted by Crippen LogP contribution is 2.76. The summed E-state index contributed by atoms with van der Waals surface area (Å²) in [5.74, 6) is -0.394. The molecule has 5 aliphatic carbocycles. The van der Waals surface area contributed by atoms with Crippen LogP contribution in [0.15, 0.2) is 11.6 Å². The van der Waals surface area contributed by atoms with Gasteiger partial charge in [-0.2, -0.15) is 0 Å². The van der Waals surface area contributed by atoms with E-state index < -0.39 is 29.2 Å². The summed E-state index contributed by atoms with van der Waals surface area (Å²) in [7, 11) is 0. The maximum atomic E-state index is 12.8. The fourth-order valence-electron chi connectivity index (χ4n) is 11.0. The molecule has 0 aromatic heterocycles. The van der Waals surface area contributed by atoms with Crippen molar-refractivity contribution in [2.24, 2.45) is 50.7 Å². The lowest BCUT2D eigenvalue weighted by Gasteiger charge is -2.72. The standard InChI is InChI=1S/C30H48O5/c1-17-10-13-30(24(33)34)15-14-27(5)18(22(30)29(17,7)35)8-9-21-26(4)16-19(31)23(32)25(2,3)20(26)11-12-28(21,27)6/h8,17,19-23,31-32,35H,9-16H2,1-7H3,(H,33,34)/t17-,19-,20+,21?,22-,23+,26-,27+,28?,29-,30+/m1/s1. The summed E-state index contributed by atoms with van der Waals surface area (Å²) in [6.45, 7) is 15.3. The quantitative estimate of drug-likeness (QED) is 0.382. The van der Waals surface area contributed by atoms with Crippen molar-refractivity contribution in [3.05, 3.63) is 11.6 Å². The van der Waals surface area contributed by atoms with Crippen molar-refractivity contribution in [3.63, 3.8) is 0 Å². The molecule has 5 heteroatoms. The first-order chi connectivity index (χ1) is 16.0. The molecule has 5 nitrogen and oxygen atoms in total. The largest absolute Gasteiger partial charge is 0.481 e. The first-order valence-corrected chi connectivity index (χ1v) is 14.0. The Morgan fingerprint density at radius 3 is 2.23 bits per heavy atom. The maximum Gasteiger partial charge on any atom is 0.310 e. The molecule has 11 atom stereocenters. The van der Waals surface area contributed by atoms with Gasteiger partial charge in [-0.05, 0) is 97.7 Å². The number of hydrogen-bond acceptors (Lipinski definition) is 4. The van der Waals surface area contributed by atoms with Crippen LogP contribution in [0.1, 0.15) is 99.8 Å². The van der Waals surface area contributed by atoms with Crippen molar-refractivity contribution >= 4 is 5.97 Å². The molecule has 4 fully saturated rings. The molecule has 0 spiro atoms. The summed E-state index contributed by atoms with van der Waals surface area (Å²) in [6, 6.07) is 0. The lowest BCUT2D eigenvalue weighted by atomic mass is 9.33. The van der Waals surface area contributed by atoms with Gasteiger partial charge < -0.3 is 20.4 Å². The Labute approximate surface area is 211 Å². The van der Waals surface area contributed by atoms with Gasteiger partial charge in [0.2, 0.25) is 0 Å². The second-order valence-corrected chi connectivity index (χ2v) is 14.9. The molecule has 0 saturated heterocycles. The summed E-state index contributed by atoms with van der Waals surface area (Å²) >= 11 is 0. The highest BCUT2D eigenvalue weighted by atomic mass is 16.4. The minimum absolute atomic E-state index is 0.0535. The van der Waals surface area contributed by atoms with Gasteiger partial charge in [-0.1, -0.05) is 53.2 Å². The summed E-state index contributed by atoms with van der Waals surface area (Å²) in [5, 5.41) is 44.3. The van der Waals surface area contributed by atoms with E-state index >= 15 is 0 Å². The Balaban J connectivity index is 1.65. The zero-order valence-corrected chi connectivity index (χ0v) is 22.9. The second kappa shape index (κ2) is 7.35. The average molecular weight is 489 g/mol. The predicted octanol–water partition coefficient (Wildman–Crippen LogP) is 5.18. The zero-order valence-electron chi connectivity index (χ0n) is 22.9. The Morgan fingerprint density at radius 2 is 1.60 bits per heavy atom. The van der Waals surface area contributed by atoms with Gasteiger partial charge in [0.05, 0.1) is 23.2 Å². The molecule has 0 heterocycles. The summed E-state index contributed by atoms with van der Waals surface area (Å²) in [5.41, 5.74) is -1.46. The Bertz CT molecular complexity index is 952. The van der Waals surface area contributed by atoms with Crippen LogP contribution in [0.25, 0.3) is 0 Å². The molecule has 0 amide bonds. The van der Waals surface area contributed by atoms with E-state index in [1.165, 1.54) is 5.57 Å². The van der Waals surface area contributed by atoms with Gasteiger partial charge in [-0.3, -0.25) is 4.79 Å². The molecular formula is C30H48O5. The maximum absolute atomic E-state index is 12.8. The first kappa shape index (κ1) is 25.7. The zero-order chi connectivity index (χ0) is 26.0. The van der Waals surface area contributed by atoms with Crippen LogP contribution < -0.4 is 0 Å². The third kappa shape index (κ3) is 2.90. The monoisotopic (exact) mass is 488 g/mol. The molecule has 0 aromatic rings. The number of aliphatic hydroxyl groups excluding tert-OH is 2. The van der Waals surface area contributed by atoms with Crippen LogP contribution in [0.4, 0.5) is 0 Å². The molecule has 5 rings (SSSR count). The van der Waals surface area contributed by atoms with Gasteiger partial charge >= 0.3 is 5.97 Å². The molecule has 35 heavy (non-hydrogen) atoms. The normalized spacial score (nSPS) is 57.1. The van der Waals surface area contributed by atoms with Crippen LogP contribution in [0.3, 0.4) is 0 Å². The van der Waals surface area contributed by atoms with E-state index in [9.17, 15) is 25.2 Å². The summed E-state index contributed by atoms with van der Waals surface area (Å²) in [6.07, 6.45) is 7.21. The van der Waals surface area contributed by atoms with E-state index in [1.54, 1.807) is 0 Å². The summed E-state index contributed by atoms with van der Waals surface area (Å²) < 4.78 is 0. The number of aliphatic hydroxyl groups is 3. The van der Waals surface area contributed by atoms with Crippen LogP contribution in [0.5, 0.6) is 0 Å². The lowest BCUT2D eigenvalue weighted by molar-refractivity contribution is -0.237. The number of fused-ring (bicyclic) bond motifs is 7. The number of aliphatic carboxylic acids is 1. The number of carboxylic acids is 1.